The molecule has 0 atom stereocenters. The highest BCUT2D eigenvalue weighted by molar-refractivity contribution is 7.85. The minimum atomic E-state index is -3.74. The van der Waals surface area contributed by atoms with E-state index in [1.807, 2.05) is 0 Å². The Hall–Kier alpha value is -0.350. The summed E-state index contributed by atoms with van der Waals surface area (Å²) < 4.78 is 28.7. The van der Waals surface area contributed by atoms with Gasteiger partial charge in [0.15, 0.2) is 0 Å². The topological polar surface area (TPSA) is 54.4 Å². The van der Waals surface area contributed by atoms with E-state index in [1.54, 1.807) is 6.08 Å². The van der Waals surface area contributed by atoms with Crippen LogP contribution >= 0.6 is 0 Å². The van der Waals surface area contributed by atoms with Crippen LogP contribution in [-0.4, -0.2) is 18.7 Å². The number of unbranched alkanes of at least 4 members (excludes halogenated alkanes) is 3. The molecular weight excluding hydrogens is 164 g/mol. The third-order valence-corrected chi connectivity index (χ3v) is 2.12. The van der Waals surface area contributed by atoms with Crippen molar-refractivity contribution in [1.82, 2.24) is 0 Å². The first-order valence-electron chi connectivity index (χ1n) is 3.62. The summed E-state index contributed by atoms with van der Waals surface area (Å²) in [6.07, 6.45) is 5.01. The fraction of sp³-hybridized carbons (Fsp3) is 0.714. The summed E-state index contributed by atoms with van der Waals surface area (Å²) >= 11 is 0. The molecule has 0 saturated heterocycles. The van der Waals surface area contributed by atoms with Crippen LogP contribution in [-0.2, 0) is 10.1 Å². The lowest BCUT2D eigenvalue weighted by Gasteiger charge is -1.95. The van der Waals surface area contributed by atoms with Crippen molar-refractivity contribution in [3.63, 3.8) is 0 Å². The Labute approximate surface area is 67.9 Å². The smallest absolute Gasteiger partial charge is 0.264 e. The molecule has 0 aliphatic rings. The highest BCUT2D eigenvalue weighted by Crippen LogP contribution is 2.01. The molecule has 0 saturated carbocycles. The van der Waals surface area contributed by atoms with Gasteiger partial charge in [-0.3, -0.25) is 4.55 Å². The molecule has 0 aliphatic carbocycles. The van der Waals surface area contributed by atoms with Gasteiger partial charge in [0.1, 0.15) is 0 Å². The molecule has 0 unspecified atom stereocenters. The first-order chi connectivity index (χ1) is 5.06. The van der Waals surface area contributed by atoms with Gasteiger partial charge in [-0.1, -0.05) is 12.5 Å². The highest BCUT2D eigenvalue weighted by Gasteiger charge is 2.01. The van der Waals surface area contributed by atoms with Crippen LogP contribution in [0.2, 0.25) is 0 Å². The molecule has 0 bridgehead atoms. The molecule has 4 heteroatoms. The minimum Gasteiger partial charge on any atom is -0.286 e. The van der Waals surface area contributed by atoms with Gasteiger partial charge in [-0.15, -0.1) is 6.58 Å². The van der Waals surface area contributed by atoms with Crippen molar-refractivity contribution < 1.29 is 13.0 Å². The fourth-order valence-corrected chi connectivity index (χ4v) is 1.32. The Morgan fingerprint density at radius 2 is 1.91 bits per heavy atom. The lowest BCUT2D eigenvalue weighted by Crippen LogP contribution is -2.03. The quantitative estimate of drug-likeness (QED) is 0.382. The molecule has 0 aliphatic heterocycles. The Kier molecular flexibility index (Phi) is 5.15. The van der Waals surface area contributed by atoms with E-state index in [2.05, 4.69) is 6.58 Å². The summed E-state index contributed by atoms with van der Waals surface area (Å²) in [5.74, 6) is -0.121. The maximum atomic E-state index is 10.2. The SMILES string of the molecule is C=CCCCCCS(=O)(=O)O. The molecule has 0 aromatic rings. The highest BCUT2D eigenvalue weighted by atomic mass is 32.2. The van der Waals surface area contributed by atoms with Gasteiger partial charge in [-0.2, -0.15) is 8.42 Å². The van der Waals surface area contributed by atoms with E-state index in [1.165, 1.54) is 0 Å². The molecule has 0 aromatic heterocycles. The molecular formula is C7H14O3S. The zero-order chi connectivity index (χ0) is 8.74. The molecule has 0 rings (SSSR count). The van der Waals surface area contributed by atoms with E-state index in [-0.39, 0.29) is 5.75 Å². The predicted octanol–water partition coefficient (Wildman–Crippen LogP) is 1.62. The zero-order valence-corrected chi connectivity index (χ0v) is 7.31. The summed E-state index contributed by atoms with van der Waals surface area (Å²) in [5, 5.41) is 0. The molecule has 66 valence electrons. The minimum absolute atomic E-state index is 0.121. The van der Waals surface area contributed by atoms with Gasteiger partial charge in [0.25, 0.3) is 10.1 Å². The number of allylic oxidation sites excluding steroid dienone is 1. The summed E-state index contributed by atoms with van der Waals surface area (Å²) in [5.41, 5.74) is 0. The van der Waals surface area contributed by atoms with E-state index >= 15 is 0 Å². The van der Waals surface area contributed by atoms with Gasteiger partial charge in [0.2, 0.25) is 0 Å². The standard InChI is InChI=1S/C7H14O3S/c1-2-3-4-5-6-7-11(8,9)10/h2H,1,3-7H2,(H,8,9,10). The molecule has 0 radical (unpaired) electrons. The monoisotopic (exact) mass is 178 g/mol. The Morgan fingerprint density at radius 3 is 2.36 bits per heavy atom. The van der Waals surface area contributed by atoms with Gasteiger partial charge >= 0.3 is 0 Å². The number of hydrogen-bond acceptors (Lipinski definition) is 2. The number of rotatable bonds is 6. The molecule has 1 N–H and O–H groups in total. The van der Waals surface area contributed by atoms with E-state index in [0.29, 0.717) is 6.42 Å². The maximum absolute atomic E-state index is 10.2. The molecule has 0 aromatic carbocycles. The Balaban J connectivity index is 3.22. The zero-order valence-electron chi connectivity index (χ0n) is 6.49. The average molecular weight is 178 g/mol. The van der Waals surface area contributed by atoms with Crippen LogP contribution in [0, 0.1) is 0 Å². The molecule has 11 heavy (non-hydrogen) atoms. The second-order valence-corrected chi connectivity index (χ2v) is 4.00. The maximum Gasteiger partial charge on any atom is 0.264 e. The van der Waals surface area contributed by atoms with Crippen LogP contribution in [0.15, 0.2) is 12.7 Å². The van der Waals surface area contributed by atoms with Crippen molar-refractivity contribution in [2.24, 2.45) is 0 Å². The van der Waals surface area contributed by atoms with Gasteiger partial charge in [-0.05, 0) is 19.3 Å². The normalized spacial score (nSPS) is 11.4. The van der Waals surface area contributed by atoms with Crippen molar-refractivity contribution >= 4 is 10.1 Å². The molecule has 0 heterocycles. The third kappa shape index (κ3) is 9.65. The largest absolute Gasteiger partial charge is 0.286 e. The van der Waals surface area contributed by atoms with Crippen LogP contribution in [0.1, 0.15) is 25.7 Å². The van der Waals surface area contributed by atoms with Crippen molar-refractivity contribution in [2.75, 3.05) is 5.75 Å². The Bertz CT molecular complexity index is 194. The molecule has 3 nitrogen and oxygen atoms in total. The summed E-state index contributed by atoms with van der Waals surface area (Å²) in [6.45, 7) is 3.54. The van der Waals surface area contributed by atoms with Crippen LogP contribution in [0.3, 0.4) is 0 Å². The summed E-state index contributed by atoms with van der Waals surface area (Å²) in [6, 6.07) is 0. The lowest BCUT2D eigenvalue weighted by molar-refractivity contribution is 0.479. The first-order valence-corrected chi connectivity index (χ1v) is 5.23. The lowest BCUT2D eigenvalue weighted by atomic mass is 10.2. The van der Waals surface area contributed by atoms with Crippen molar-refractivity contribution in [2.45, 2.75) is 25.7 Å². The van der Waals surface area contributed by atoms with Crippen LogP contribution in [0.25, 0.3) is 0 Å². The Morgan fingerprint density at radius 1 is 1.27 bits per heavy atom. The summed E-state index contributed by atoms with van der Waals surface area (Å²) in [7, 11) is -3.74. The van der Waals surface area contributed by atoms with Gasteiger partial charge in [0.05, 0.1) is 5.75 Å². The van der Waals surface area contributed by atoms with Crippen LogP contribution < -0.4 is 0 Å². The molecule has 0 spiro atoms. The number of hydrogen-bond donors (Lipinski definition) is 1. The van der Waals surface area contributed by atoms with Crippen molar-refractivity contribution in [1.29, 1.82) is 0 Å². The molecule has 0 fully saturated rings. The first kappa shape index (κ1) is 10.7. The van der Waals surface area contributed by atoms with E-state index in [0.717, 1.165) is 19.3 Å². The average Bonchev–Trinajstić information content (AvgIpc) is 1.85. The van der Waals surface area contributed by atoms with E-state index < -0.39 is 10.1 Å². The second-order valence-electron chi connectivity index (χ2n) is 2.42. The van der Waals surface area contributed by atoms with Crippen LogP contribution in [0.4, 0.5) is 0 Å². The van der Waals surface area contributed by atoms with Gasteiger partial charge < -0.3 is 0 Å². The van der Waals surface area contributed by atoms with Gasteiger partial charge in [-0.25, -0.2) is 0 Å². The molecule has 0 amide bonds. The van der Waals surface area contributed by atoms with Crippen LogP contribution in [0.5, 0.6) is 0 Å². The third-order valence-electron chi connectivity index (χ3n) is 1.31. The van der Waals surface area contributed by atoms with Crippen molar-refractivity contribution in [3.05, 3.63) is 12.7 Å². The fourth-order valence-electron chi connectivity index (χ4n) is 0.750. The van der Waals surface area contributed by atoms with E-state index in [4.69, 9.17) is 4.55 Å². The second kappa shape index (κ2) is 5.32. The van der Waals surface area contributed by atoms with Crippen molar-refractivity contribution in [3.8, 4) is 0 Å². The van der Waals surface area contributed by atoms with Gasteiger partial charge in [0, 0.05) is 0 Å². The summed E-state index contributed by atoms with van der Waals surface area (Å²) in [4.78, 5) is 0. The predicted molar refractivity (Wildman–Crippen MR) is 45.1 cm³/mol. The van der Waals surface area contributed by atoms with E-state index in [9.17, 15) is 8.42 Å².